The summed E-state index contributed by atoms with van der Waals surface area (Å²) in [5.41, 5.74) is 1.98. The number of hydrogen-bond acceptors (Lipinski definition) is 8. The Bertz CT molecular complexity index is 1120. The highest BCUT2D eigenvalue weighted by molar-refractivity contribution is 8.00. The van der Waals surface area contributed by atoms with Gasteiger partial charge in [-0.05, 0) is 31.2 Å². The molecule has 1 saturated heterocycles. The van der Waals surface area contributed by atoms with Crippen LogP contribution in [0.2, 0.25) is 0 Å². The molecular formula is C25H27N5O3S. The van der Waals surface area contributed by atoms with Crippen molar-refractivity contribution in [3.8, 4) is 0 Å². The molecule has 9 heteroatoms. The number of rotatable bonds is 8. The summed E-state index contributed by atoms with van der Waals surface area (Å²) in [5, 5.41) is 3.53. The fraction of sp³-hybridized carbons (Fsp3) is 0.280. The molecule has 176 valence electrons. The van der Waals surface area contributed by atoms with Crippen LogP contribution in [0.1, 0.15) is 17.3 Å². The second-order valence-electron chi connectivity index (χ2n) is 7.60. The maximum absolute atomic E-state index is 12.7. The molecule has 0 bridgehead atoms. The van der Waals surface area contributed by atoms with Crippen molar-refractivity contribution in [1.82, 2.24) is 9.97 Å². The molecule has 0 saturated carbocycles. The molecule has 8 nitrogen and oxygen atoms in total. The molecule has 4 rings (SSSR count). The number of piperazine rings is 1. The van der Waals surface area contributed by atoms with Gasteiger partial charge >= 0.3 is 5.97 Å². The standard InChI is InChI=1S/C25H27N5O3S/c1-2-33-25(32)20-10-6-7-11-21(20)28-22(31)18-34-24-23(26-12-13-27-24)30-16-14-29(15-17-30)19-8-4-3-5-9-19/h3-13H,2,14-18H2,1H3,(H,28,31). The van der Waals surface area contributed by atoms with Crippen molar-refractivity contribution in [3.63, 3.8) is 0 Å². The second kappa shape index (κ2) is 11.5. The molecule has 2 aromatic carbocycles. The first kappa shape index (κ1) is 23.6. The fourth-order valence-corrected chi connectivity index (χ4v) is 4.54. The Labute approximate surface area is 203 Å². The number of hydrogen-bond donors (Lipinski definition) is 1. The first-order valence-electron chi connectivity index (χ1n) is 11.2. The Hall–Kier alpha value is -3.59. The van der Waals surface area contributed by atoms with Crippen LogP contribution in [0.25, 0.3) is 0 Å². The molecule has 0 spiro atoms. The topological polar surface area (TPSA) is 87.7 Å². The van der Waals surface area contributed by atoms with E-state index < -0.39 is 5.97 Å². The smallest absolute Gasteiger partial charge is 0.340 e. The van der Waals surface area contributed by atoms with Crippen molar-refractivity contribution in [2.24, 2.45) is 0 Å². The molecule has 0 radical (unpaired) electrons. The van der Waals surface area contributed by atoms with Gasteiger partial charge in [0.2, 0.25) is 5.91 Å². The Kier molecular flexibility index (Phi) is 7.98. The minimum Gasteiger partial charge on any atom is -0.462 e. The first-order valence-corrected chi connectivity index (χ1v) is 12.2. The summed E-state index contributed by atoms with van der Waals surface area (Å²) in [7, 11) is 0. The summed E-state index contributed by atoms with van der Waals surface area (Å²) in [5.74, 6) is 0.247. The summed E-state index contributed by atoms with van der Waals surface area (Å²) in [6.07, 6.45) is 3.32. The number of aromatic nitrogens is 2. The van der Waals surface area contributed by atoms with Gasteiger partial charge in [-0.15, -0.1) is 0 Å². The minimum atomic E-state index is -0.461. The van der Waals surface area contributed by atoms with Gasteiger partial charge in [0.25, 0.3) is 0 Å². The third-order valence-corrected chi connectivity index (χ3v) is 6.35. The summed E-state index contributed by atoms with van der Waals surface area (Å²) in [4.78, 5) is 38.4. The lowest BCUT2D eigenvalue weighted by atomic mass is 10.2. The maximum Gasteiger partial charge on any atom is 0.340 e. The number of carbonyl (C=O) groups excluding carboxylic acids is 2. The normalized spacial score (nSPS) is 13.4. The van der Waals surface area contributed by atoms with Gasteiger partial charge in [-0.1, -0.05) is 42.1 Å². The molecule has 1 fully saturated rings. The summed E-state index contributed by atoms with van der Waals surface area (Å²) >= 11 is 1.33. The molecule has 2 heterocycles. The van der Waals surface area contributed by atoms with E-state index in [-0.39, 0.29) is 18.3 Å². The molecule has 0 aliphatic carbocycles. The molecular weight excluding hydrogens is 450 g/mol. The van der Waals surface area contributed by atoms with Crippen LogP contribution in [0.15, 0.2) is 72.0 Å². The molecule has 1 aliphatic rings. The Morgan fingerprint density at radius 2 is 1.62 bits per heavy atom. The zero-order chi connectivity index (χ0) is 23.8. The van der Waals surface area contributed by atoms with E-state index in [0.29, 0.717) is 16.3 Å². The van der Waals surface area contributed by atoms with Crippen LogP contribution in [0.4, 0.5) is 17.2 Å². The van der Waals surface area contributed by atoms with Gasteiger partial charge in [-0.2, -0.15) is 0 Å². The zero-order valence-electron chi connectivity index (χ0n) is 19.0. The van der Waals surface area contributed by atoms with Crippen molar-refractivity contribution >= 4 is 40.8 Å². The number of para-hydroxylation sites is 2. The SMILES string of the molecule is CCOC(=O)c1ccccc1NC(=O)CSc1nccnc1N1CCN(c2ccccc2)CC1. The molecule has 1 aliphatic heterocycles. The number of amides is 1. The lowest BCUT2D eigenvalue weighted by Crippen LogP contribution is -2.47. The lowest BCUT2D eigenvalue weighted by molar-refractivity contribution is -0.113. The quantitative estimate of drug-likeness (QED) is 0.388. The van der Waals surface area contributed by atoms with Crippen LogP contribution in [0.5, 0.6) is 0 Å². The monoisotopic (exact) mass is 477 g/mol. The molecule has 0 unspecified atom stereocenters. The van der Waals surface area contributed by atoms with Gasteiger partial charge in [0.15, 0.2) is 5.82 Å². The Morgan fingerprint density at radius 1 is 0.941 bits per heavy atom. The molecule has 34 heavy (non-hydrogen) atoms. The van der Waals surface area contributed by atoms with E-state index in [0.717, 1.165) is 32.0 Å². The third-order valence-electron chi connectivity index (χ3n) is 5.38. The van der Waals surface area contributed by atoms with Gasteiger partial charge in [0, 0.05) is 44.3 Å². The molecule has 0 atom stereocenters. The van der Waals surface area contributed by atoms with Crippen molar-refractivity contribution in [3.05, 3.63) is 72.6 Å². The van der Waals surface area contributed by atoms with E-state index in [9.17, 15) is 9.59 Å². The van der Waals surface area contributed by atoms with Gasteiger partial charge in [0.05, 0.1) is 23.6 Å². The molecule has 1 aromatic heterocycles. The highest BCUT2D eigenvalue weighted by Crippen LogP contribution is 2.28. The van der Waals surface area contributed by atoms with E-state index >= 15 is 0 Å². The lowest BCUT2D eigenvalue weighted by Gasteiger charge is -2.37. The van der Waals surface area contributed by atoms with Crippen LogP contribution >= 0.6 is 11.8 Å². The van der Waals surface area contributed by atoms with Gasteiger partial charge < -0.3 is 19.9 Å². The third kappa shape index (κ3) is 5.85. The van der Waals surface area contributed by atoms with Crippen molar-refractivity contribution < 1.29 is 14.3 Å². The minimum absolute atomic E-state index is 0.146. The van der Waals surface area contributed by atoms with Gasteiger partial charge in [0.1, 0.15) is 5.03 Å². The highest BCUT2D eigenvalue weighted by Gasteiger charge is 2.22. The van der Waals surface area contributed by atoms with Crippen molar-refractivity contribution in [2.45, 2.75) is 11.9 Å². The number of ether oxygens (including phenoxy) is 1. The summed E-state index contributed by atoms with van der Waals surface area (Å²) < 4.78 is 5.08. The van der Waals surface area contributed by atoms with Crippen molar-refractivity contribution in [2.75, 3.05) is 53.7 Å². The van der Waals surface area contributed by atoms with E-state index in [2.05, 4.69) is 49.4 Å². The predicted molar refractivity (Wildman–Crippen MR) is 135 cm³/mol. The number of nitrogens with one attached hydrogen (secondary N) is 1. The van der Waals surface area contributed by atoms with Gasteiger partial charge in [-0.25, -0.2) is 14.8 Å². The van der Waals surface area contributed by atoms with Crippen LogP contribution in [0, 0.1) is 0 Å². The molecule has 1 N–H and O–H groups in total. The summed E-state index contributed by atoms with van der Waals surface area (Å²) in [6.45, 7) is 5.42. The average Bonchev–Trinajstić information content (AvgIpc) is 2.89. The zero-order valence-corrected chi connectivity index (χ0v) is 19.8. The molecule has 1 amide bonds. The number of benzene rings is 2. The van der Waals surface area contributed by atoms with E-state index in [1.165, 1.54) is 17.4 Å². The van der Waals surface area contributed by atoms with Crippen LogP contribution < -0.4 is 15.1 Å². The fourth-order valence-electron chi connectivity index (χ4n) is 3.75. The summed E-state index contributed by atoms with van der Waals surface area (Å²) in [6, 6.07) is 17.2. The molecule has 3 aromatic rings. The number of carbonyl (C=O) groups is 2. The number of anilines is 3. The predicted octanol–water partition coefficient (Wildman–Crippen LogP) is 3.71. The number of thioether (sulfide) groups is 1. The second-order valence-corrected chi connectivity index (χ2v) is 8.56. The highest BCUT2D eigenvalue weighted by atomic mass is 32.2. The van der Waals surface area contributed by atoms with Crippen LogP contribution in [-0.2, 0) is 9.53 Å². The van der Waals surface area contributed by atoms with Gasteiger partial charge in [-0.3, -0.25) is 4.79 Å². The van der Waals surface area contributed by atoms with Crippen LogP contribution in [-0.4, -0.2) is 60.4 Å². The van der Waals surface area contributed by atoms with Crippen molar-refractivity contribution in [1.29, 1.82) is 0 Å². The van der Waals surface area contributed by atoms with E-state index in [1.807, 2.05) is 6.07 Å². The number of esters is 1. The average molecular weight is 478 g/mol. The largest absolute Gasteiger partial charge is 0.462 e. The first-order chi connectivity index (χ1) is 16.7. The Morgan fingerprint density at radius 3 is 2.38 bits per heavy atom. The van der Waals surface area contributed by atoms with E-state index in [4.69, 9.17) is 4.74 Å². The maximum atomic E-state index is 12.7. The Balaban J connectivity index is 1.36. The van der Waals surface area contributed by atoms with Crippen LogP contribution in [0.3, 0.4) is 0 Å². The van der Waals surface area contributed by atoms with E-state index in [1.54, 1.807) is 43.6 Å². The number of nitrogens with zero attached hydrogens (tertiary/aromatic N) is 4.